The lowest BCUT2D eigenvalue weighted by Gasteiger charge is -1.96. The predicted molar refractivity (Wildman–Crippen MR) is 100 cm³/mol. The quantitative estimate of drug-likeness (QED) is 0.178. The van der Waals surface area contributed by atoms with Gasteiger partial charge < -0.3 is 24.0 Å². The van der Waals surface area contributed by atoms with E-state index < -0.39 is 4.92 Å². The molecule has 2 aromatic carbocycles. The third kappa shape index (κ3) is 4.36. The zero-order valence-corrected chi connectivity index (χ0v) is 16.9. The van der Waals surface area contributed by atoms with Gasteiger partial charge in [0.15, 0.2) is 6.20 Å². The second-order valence-corrected chi connectivity index (χ2v) is 5.69. The van der Waals surface area contributed by atoms with Gasteiger partial charge in [0.05, 0.1) is 20.7 Å². The van der Waals surface area contributed by atoms with Crippen LogP contribution in [0.2, 0.25) is 0 Å². The first-order chi connectivity index (χ1) is 13.0. The van der Waals surface area contributed by atoms with Crippen molar-refractivity contribution < 1.29 is 38.4 Å². The van der Waals surface area contributed by atoms with Crippen molar-refractivity contribution in [2.24, 2.45) is 7.05 Å². The number of aromatic nitrogens is 2. The van der Waals surface area contributed by atoms with E-state index >= 15 is 0 Å². The second-order valence-electron chi connectivity index (χ2n) is 5.69. The minimum atomic E-state index is -0.399. The molecular weight excluding hydrogens is 475 g/mol. The summed E-state index contributed by atoms with van der Waals surface area (Å²) in [6.07, 6.45) is 3.48. The summed E-state index contributed by atoms with van der Waals surface area (Å²) in [6.45, 7) is 0. The lowest BCUT2D eigenvalue weighted by atomic mass is 10.2. The number of fused-ring (bicyclic) bond motifs is 2. The SMILES string of the molecule is C[n+]1cccc2c([N+](=O)[O-])cccc21.O=[N+]([O-])c1cccc2ncccc12.[I-]. The first kappa shape index (κ1) is 21.1. The molecule has 0 aliphatic heterocycles. The molecule has 28 heavy (non-hydrogen) atoms. The number of aryl methyl sites for hydroxylation is 1. The zero-order chi connectivity index (χ0) is 19.4. The molecule has 0 atom stereocenters. The molecular formula is C19H15IN4O4. The lowest BCUT2D eigenvalue weighted by molar-refractivity contribution is -0.645. The molecule has 0 bridgehead atoms. The van der Waals surface area contributed by atoms with Gasteiger partial charge in [-0.15, -0.1) is 0 Å². The summed E-state index contributed by atoms with van der Waals surface area (Å²) >= 11 is 0. The lowest BCUT2D eigenvalue weighted by Crippen LogP contribution is -3.00. The maximum atomic E-state index is 10.7. The number of nitro groups is 2. The van der Waals surface area contributed by atoms with Crippen molar-refractivity contribution in [2.75, 3.05) is 0 Å². The smallest absolute Gasteiger partial charge is 0.283 e. The van der Waals surface area contributed by atoms with Crippen LogP contribution in [0.4, 0.5) is 11.4 Å². The number of non-ortho nitro benzene ring substituents is 2. The summed E-state index contributed by atoms with van der Waals surface area (Å²) in [5.41, 5.74) is 1.77. The van der Waals surface area contributed by atoms with E-state index in [1.165, 1.54) is 12.1 Å². The fraction of sp³-hybridized carbons (Fsp3) is 0.0526. The van der Waals surface area contributed by atoms with Gasteiger partial charge in [-0.05, 0) is 30.3 Å². The van der Waals surface area contributed by atoms with Gasteiger partial charge in [-0.3, -0.25) is 25.2 Å². The molecule has 0 radical (unpaired) electrons. The van der Waals surface area contributed by atoms with Crippen LogP contribution in [-0.4, -0.2) is 14.8 Å². The summed E-state index contributed by atoms with van der Waals surface area (Å²) in [4.78, 5) is 24.6. The third-order valence-electron chi connectivity index (χ3n) is 4.03. The summed E-state index contributed by atoms with van der Waals surface area (Å²) < 4.78 is 1.86. The molecule has 0 fully saturated rings. The van der Waals surface area contributed by atoms with Crippen LogP contribution in [0.25, 0.3) is 21.8 Å². The highest BCUT2D eigenvalue weighted by atomic mass is 127. The molecule has 0 amide bonds. The van der Waals surface area contributed by atoms with Gasteiger partial charge >= 0.3 is 0 Å². The van der Waals surface area contributed by atoms with Crippen LogP contribution >= 0.6 is 0 Å². The average Bonchev–Trinajstić information content (AvgIpc) is 2.68. The Kier molecular flexibility index (Phi) is 6.88. The van der Waals surface area contributed by atoms with Crippen molar-refractivity contribution in [2.45, 2.75) is 0 Å². The Labute approximate surface area is 176 Å². The second kappa shape index (κ2) is 9.13. The number of rotatable bonds is 2. The van der Waals surface area contributed by atoms with Gasteiger partial charge in [-0.1, -0.05) is 6.07 Å². The van der Waals surface area contributed by atoms with E-state index in [9.17, 15) is 20.2 Å². The van der Waals surface area contributed by atoms with E-state index in [-0.39, 0.29) is 40.3 Å². The van der Waals surface area contributed by atoms with E-state index in [2.05, 4.69) is 4.98 Å². The molecule has 2 aromatic heterocycles. The number of nitrogens with zero attached hydrogens (tertiary/aromatic N) is 4. The van der Waals surface area contributed by atoms with Gasteiger partial charge in [-0.2, -0.15) is 0 Å². The third-order valence-corrected chi connectivity index (χ3v) is 4.03. The number of hydrogen-bond acceptors (Lipinski definition) is 5. The molecule has 8 nitrogen and oxygen atoms in total. The number of hydrogen-bond donors (Lipinski definition) is 0. The monoisotopic (exact) mass is 490 g/mol. The number of halogens is 1. The van der Waals surface area contributed by atoms with Crippen molar-refractivity contribution in [1.82, 2.24) is 4.98 Å². The van der Waals surface area contributed by atoms with Crippen LogP contribution in [0, 0.1) is 20.2 Å². The van der Waals surface area contributed by atoms with Crippen LogP contribution in [0.15, 0.2) is 73.1 Å². The van der Waals surface area contributed by atoms with Crippen LogP contribution in [0.1, 0.15) is 0 Å². The molecule has 0 N–H and O–H groups in total. The molecule has 0 unspecified atom stereocenters. The first-order valence-electron chi connectivity index (χ1n) is 7.99. The Hall–Kier alpha value is -3.21. The Morgan fingerprint density at radius 2 is 1.43 bits per heavy atom. The molecule has 0 spiro atoms. The van der Waals surface area contributed by atoms with E-state index in [1.54, 1.807) is 48.7 Å². The summed E-state index contributed by atoms with van der Waals surface area (Å²) in [5.74, 6) is 0. The van der Waals surface area contributed by atoms with Crippen LogP contribution in [0.3, 0.4) is 0 Å². The molecule has 142 valence electrons. The highest BCUT2D eigenvalue weighted by molar-refractivity contribution is 5.87. The number of pyridine rings is 2. The van der Waals surface area contributed by atoms with Gasteiger partial charge in [0.1, 0.15) is 12.4 Å². The fourth-order valence-electron chi connectivity index (χ4n) is 2.77. The van der Waals surface area contributed by atoms with Crippen molar-refractivity contribution >= 4 is 33.2 Å². The van der Waals surface area contributed by atoms with Crippen LogP contribution < -0.4 is 28.5 Å². The summed E-state index contributed by atoms with van der Waals surface area (Å²) in [7, 11) is 1.87. The zero-order valence-electron chi connectivity index (χ0n) is 14.7. The number of benzene rings is 2. The molecule has 9 heteroatoms. The largest absolute Gasteiger partial charge is 1.00 e. The van der Waals surface area contributed by atoms with Crippen molar-refractivity contribution in [3.8, 4) is 0 Å². The minimum Gasteiger partial charge on any atom is -1.00 e. The average molecular weight is 490 g/mol. The van der Waals surface area contributed by atoms with Gasteiger partial charge in [-0.25, -0.2) is 4.57 Å². The molecule has 0 saturated carbocycles. The standard InChI is InChI=1S/C10H9N2O2.C9H6N2O2.HI/c1-11-7-3-4-8-9(11)5-2-6-10(8)12(13)14;12-11(13)9-5-1-4-8-7(9)3-2-6-10-8;/h2-7H,1H3;1-6H;1H/q+1;;/p-1. The number of nitro benzene ring substituents is 2. The van der Waals surface area contributed by atoms with E-state index in [1.807, 2.05) is 23.9 Å². The topological polar surface area (TPSA) is 103 Å². The normalized spacial score (nSPS) is 9.89. The van der Waals surface area contributed by atoms with Crippen LogP contribution in [-0.2, 0) is 7.05 Å². The highest BCUT2D eigenvalue weighted by Crippen LogP contribution is 2.23. The van der Waals surface area contributed by atoms with Crippen molar-refractivity contribution in [3.05, 3.63) is 93.3 Å². The molecule has 2 heterocycles. The summed E-state index contributed by atoms with van der Waals surface area (Å²) in [5, 5.41) is 22.6. The van der Waals surface area contributed by atoms with Crippen LogP contribution in [0.5, 0.6) is 0 Å². The maximum absolute atomic E-state index is 10.7. The maximum Gasteiger partial charge on any atom is 0.283 e. The fourth-order valence-corrected chi connectivity index (χ4v) is 2.77. The first-order valence-corrected chi connectivity index (χ1v) is 7.99. The Morgan fingerprint density at radius 1 is 0.821 bits per heavy atom. The Balaban J connectivity index is 0.000000194. The Bertz CT molecular complexity index is 1160. The van der Waals surface area contributed by atoms with E-state index in [4.69, 9.17) is 0 Å². The van der Waals surface area contributed by atoms with Gasteiger partial charge in [0, 0.05) is 30.5 Å². The molecule has 0 saturated heterocycles. The van der Waals surface area contributed by atoms with Gasteiger partial charge in [0.2, 0.25) is 5.52 Å². The van der Waals surface area contributed by atoms with Crippen molar-refractivity contribution in [1.29, 1.82) is 0 Å². The highest BCUT2D eigenvalue weighted by Gasteiger charge is 2.15. The molecule has 4 rings (SSSR count). The van der Waals surface area contributed by atoms with Crippen molar-refractivity contribution in [3.63, 3.8) is 0 Å². The minimum absolute atomic E-state index is 0. The molecule has 0 aliphatic carbocycles. The Morgan fingerprint density at radius 3 is 2.11 bits per heavy atom. The molecule has 0 aliphatic rings. The van der Waals surface area contributed by atoms with E-state index in [0.29, 0.717) is 16.3 Å². The summed E-state index contributed by atoms with van der Waals surface area (Å²) in [6, 6.07) is 16.9. The van der Waals surface area contributed by atoms with E-state index in [0.717, 1.165) is 5.52 Å². The van der Waals surface area contributed by atoms with Gasteiger partial charge in [0.25, 0.3) is 11.4 Å². The molecule has 4 aromatic rings. The predicted octanol–water partition coefficient (Wildman–Crippen LogP) is 0.719.